The molecule has 2 aromatic rings. The SMILES string of the molecule is CN=C(NCc1cccnc1N1CCOCC1)NC1CCN(Cc2ccccc2)C(C)C1. The van der Waals surface area contributed by atoms with Crippen molar-refractivity contribution >= 4 is 11.8 Å². The van der Waals surface area contributed by atoms with E-state index in [2.05, 4.69) is 73.7 Å². The van der Waals surface area contributed by atoms with Crippen molar-refractivity contribution in [3.8, 4) is 0 Å². The highest BCUT2D eigenvalue weighted by atomic mass is 16.5. The lowest BCUT2D eigenvalue weighted by Gasteiger charge is -2.38. The number of benzene rings is 1. The predicted octanol–water partition coefficient (Wildman–Crippen LogP) is 2.64. The molecule has 0 bridgehead atoms. The molecule has 7 heteroatoms. The lowest BCUT2D eigenvalue weighted by atomic mass is 9.97. The minimum Gasteiger partial charge on any atom is -0.378 e. The predicted molar refractivity (Wildman–Crippen MR) is 130 cm³/mol. The van der Waals surface area contributed by atoms with Crippen molar-refractivity contribution < 1.29 is 4.74 Å². The van der Waals surface area contributed by atoms with Crippen molar-refractivity contribution in [1.82, 2.24) is 20.5 Å². The third-order valence-electron chi connectivity index (χ3n) is 6.43. The Morgan fingerprint density at radius 2 is 1.94 bits per heavy atom. The Hall–Kier alpha value is -2.64. The standard InChI is InChI=1S/C25H36N6O/c1-20-17-23(10-12-31(20)19-21-7-4-3-5-8-21)29-25(26-2)28-18-22-9-6-11-27-24(22)30-13-15-32-16-14-30/h3-9,11,20,23H,10,12-19H2,1-2H3,(H2,26,28,29). The van der Waals surface area contributed by atoms with Gasteiger partial charge in [0.1, 0.15) is 5.82 Å². The Kier molecular flexibility index (Phi) is 7.96. The van der Waals surface area contributed by atoms with E-state index in [0.717, 1.165) is 64.0 Å². The fraction of sp³-hybridized carbons (Fsp3) is 0.520. The van der Waals surface area contributed by atoms with Crippen molar-refractivity contribution in [2.45, 2.75) is 44.9 Å². The molecule has 172 valence electrons. The van der Waals surface area contributed by atoms with Crippen molar-refractivity contribution in [1.29, 1.82) is 0 Å². The van der Waals surface area contributed by atoms with E-state index in [-0.39, 0.29) is 0 Å². The second kappa shape index (κ2) is 11.3. The molecule has 32 heavy (non-hydrogen) atoms. The Morgan fingerprint density at radius 1 is 1.12 bits per heavy atom. The molecule has 0 saturated carbocycles. The molecule has 2 atom stereocenters. The molecule has 2 aliphatic heterocycles. The fourth-order valence-corrected chi connectivity index (χ4v) is 4.60. The van der Waals surface area contributed by atoms with Crippen LogP contribution in [0.1, 0.15) is 30.9 Å². The van der Waals surface area contributed by atoms with Gasteiger partial charge in [0.25, 0.3) is 0 Å². The number of aliphatic imine (C=N–C) groups is 1. The maximum absolute atomic E-state index is 5.49. The summed E-state index contributed by atoms with van der Waals surface area (Å²) in [7, 11) is 1.84. The molecule has 0 amide bonds. The number of morpholine rings is 1. The average Bonchev–Trinajstić information content (AvgIpc) is 2.85. The zero-order valence-corrected chi connectivity index (χ0v) is 19.3. The average molecular weight is 437 g/mol. The molecule has 1 aromatic carbocycles. The summed E-state index contributed by atoms with van der Waals surface area (Å²) in [6.07, 6.45) is 4.09. The second-order valence-electron chi connectivity index (χ2n) is 8.68. The largest absolute Gasteiger partial charge is 0.378 e. The summed E-state index contributed by atoms with van der Waals surface area (Å²) in [5.41, 5.74) is 2.57. The molecular weight excluding hydrogens is 400 g/mol. The zero-order valence-electron chi connectivity index (χ0n) is 19.3. The smallest absolute Gasteiger partial charge is 0.191 e. The summed E-state index contributed by atoms with van der Waals surface area (Å²) >= 11 is 0. The van der Waals surface area contributed by atoms with Crippen LogP contribution in [0.2, 0.25) is 0 Å². The monoisotopic (exact) mass is 436 g/mol. The van der Waals surface area contributed by atoms with Gasteiger partial charge in [-0.15, -0.1) is 0 Å². The van der Waals surface area contributed by atoms with Gasteiger partial charge in [-0.25, -0.2) is 4.98 Å². The van der Waals surface area contributed by atoms with Crippen molar-refractivity contribution in [3.05, 3.63) is 59.8 Å². The second-order valence-corrected chi connectivity index (χ2v) is 8.68. The molecule has 0 aliphatic carbocycles. The summed E-state index contributed by atoms with van der Waals surface area (Å²) < 4.78 is 5.49. The quantitative estimate of drug-likeness (QED) is 0.536. The van der Waals surface area contributed by atoms with Gasteiger partial charge < -0.3 is 20.3 Å². The highest BCUT2D eigenvalue weighted by molar-refractivity contribution is 5.80. The number of ether oxygens (including phenoxy) is 1. The molecule has 0 radical (unpaired) electrons. The first-order valence-corrected chi connectivity index (χ1v) is 11.7. The van der Waals surface area contributed by atoms with Crippen LogP contribution in [0, 0.1) is 0 Å². The van der Waals surface area contributed by atoms with Gasteiger partial charge in [-0.3, -0.25) is 9.89 Å². The molecule has 2 saturated heterocycles. The van der Waals surface area contributed by atoms with E-state index < -0.39 is 0 Å². The zero-order chi connectivity index (χ0) is 22.2. The number of nitrogens with one attached hydrogen (secondary N) is 2. The number of piperidine rings is 1. The van der Waals surface area contributed by atoms with Crippen LogP contribution in [-0.4, -0.2) is 67.8 Å². The molecule has 2 N–H and O–H groups in total. The van der Waals surface area contributed by atoms with Gasteiger partial charge >= 0.3 is 0 Å². The van der Waals surface area contributed by atoms with E-state index in [9.17, 15) is 0 Å². The molecular formula is C25H36N6O. The number of pyridine rings is 1. The topological polar surface area (TPSA) is 65.0 Å². The van der Waals surface area contributed by atoms with Crippen LogP contribution in [0.15, 0.2) is 53.7 Å². The van der Waals surface area contributed by atoms with E-state index in [4.69, 9.17) is 4.74 Å². The molecule has 2 aliphatic rings. The molecule has 2 unspecified atom stereocenters. The minimum atomic E-state index is 0.427. The van der Waals surface area contributed by atoms with E-state index in [1.54, 1.807) is 0 Å². The van der Waals surface area contributed by atoms with Crippen LogP contribution >= 0.6 is 0 Å². The van der Waals surface area contributed by atoms with Gasteiger partial charge in [-0.05, 0) is 31.4 Å². The van der Waals surface area contributed by atoms with Crippen LogP contribution in [0.5, 0.6) is 0 Å². The Morgan fingerprint density at radius 3 is 2.69 bits per heavy atom. The van der Waals surface area contributed by atoms with Gasteiger partial charge in [0.15, 0.2) is 5.96 Å². The molecule has 1 aromatic heterocycles. The van der Waals surface area contributed by atoms with Crippen molar-refractivity contribution in [2.75, 3.05) is 44.8 Å². The lowest BCUT2D eigenvalue weighted by Crippen LogP contribution is -2.51. The molecule has 4 rings (SSSR count). The first kappa shape index (κ1) is 22.6. The number of anilines is 1. The van der Waals surface area contributed by atoms with Crippen LogP contribution in [0.25, 0.3) is 0 Å². The number of hydrogen-bond acceptors (Lipinski definition) is 5. The van der Waals surface area contributed by atoms with Crippen molar-refractivity contribution in [2.24, 2.45) is 4.99 Å². The number of rotatable bonds is 6. The lowest BCUT2D eigenvalue weighted by molar-refractivity contribution is 0.122. The summed E-state index contributed by atoms with van der Waals surface area (Å²) in [4.78, 5) is 14.0. The number of likely N-dealkylation sites (tertiary alicyclic amines) is 1. The summed E-state index contributed by atoms with van der Waals surface area (Å²) in [6, 6.07) is 15.9. The van der Waals surface area contributed by atoms with Gasteiger partial charge in [0.2, 0.25) is 0 Å². The van der Waals surface area contributed by atoms with E-state index >= 15 is 0 Å². The van der Waals surface area contributed by atoms with Gasteiger partial charge in [-0.2, -0.15) is 0 Å². The number of aromatic nitrogens is 1. The normalized spacial score (nSPS) is 22.6. The third kappa shape index (κ3) is 5.99. The van der Waals surface area contributed by atoms with Crippen LogP contribution in [0.3, 0.4) is 0 Å². The van der Waals surface area contributed by atoms with Gasteiger partial charge in [0.05, 0.1) is 13.2 Å². The van der Waals surface area contributed by atoms with E-state index in [1.807, 2.05) is 19.3 Å². The Labute approximate surface area is 191 Å². The first-order valence-electron chi connectivity index (χ1n) is 11.7. The first-order chi connectivity index (χ1) is 15.7. The Balaban J connectivity index is 1.29. The molecule has 0 spiro atoms. The number of guanidine groups is 1. The molecule has 2 fully saturated rings. The van der Waals surface area contributed by atoms with Crippen LogP contribution in [-0.2, 0) is 17.8 Å². The highest BCUT2D eigenvalue weighted by Crippen LogP contribution is 2.21. The van der Waals surface area contributed by atoms with Crippen LogP contribution in [0.4, 0.5) is 5.82 Å². The van der Waals surface area contributed by atoms with E-state index in [0.29, 0.717) is 18.6 Å². The van der Waals surface area contributed by atoms with Crippen LogP contribution < -0.4 is 15.5 Å². The third-order valence-corrected chi connectivity index (χ3v) is 6.43. The minimum absolute atomic E-state index is 0.427. The highest BCUT2D eigenvalue weighted by Gasteiger charge is 2.26. The van der Waals surface area contributed by atoms with Crippen molar-refractivity contribution in [3.63, 3.8) is 0 Å². The fourth-order valence-electron chi connectivity index (χ4n) is 4.60. The van der Waals surface area contributed by atoms with E-state index in [1.165, 1.54) is 11.1 Å². The maximum Gasteiger partial charge on any atom is 0.191 e. The van der Waals surface area contributed by atoms with Gasteiger partial charge in [-0.1, -0.05) is 36.4 Å². The van der Waals surface area contributed by atoms with Gasteiger partial charge in [0, 0.05) is 63.6 Å². The summed E-state index contributed by atoms with van der Waals surface area (Å²) in [6.45, 7) is 8.43. The summed E-state index contributed by atoms with van der Waals surface area (Å²) in [5.74, 6) is 1.90. The number of hydrogen-bond donors (Lipinski definition) is 2. The molecule has 7 nitrogen and oxygen atoms in total. The summed E-state index contributed by atoms with van der Waals surface area (Å²) in [5, 5.41) is 7.15. The number of nitrogens with zero attached hydrogens (tertiary/aromatic N) is 4. The molecule has 3 heterocycles. The Bertz CT molecular complexity index is 868. The maximum atomic E-state index is 5.49.